The van der Waals surface area contributed by atoms with Crippen molar-refractivity contribution < 1.29 is 18.3 Å². The summed E-state index contributed by atoms with van der Waals surface area (Å²) in [6.07, 6.45) is 7.58. The largest absolute Gasteiger partial charge is 0.390 e. The maximum absolute atomic E-state index is 13.3. The number of hydrogen-bond donors (Lipinski definition) is 2. The number of carbonyl (C=O) groups excluding carboxylic acids is 1. The zero-order valence-corrected chi connectivity index (χ0v) is 23.1. The summed E-state index contributed by atoms with van der Waals surface area (Å²) < 4.78 is 24.0. The highest BCUT2D eigenvalue weighted by atomic mass is 32.2. The van der Waals surface area contributed by atoms with Gasteiger partial charge in [0.1, 0.15) is 5.69 Å². The number of benzene rings is 1. The molecule has 2 N–H and O–H groups in total. The predicted molar refractivity (Wildman–Crippen MR) is 145 cm³/mol. The van der Waals surface area contributed by atoms with Gasteiger partial charge in [0.2, 0.25) is 5.95 Å². The fourth-order valence-corrected chi connectivity index (χ4v) is 8.75. The molecular weight excluding hydrogens is 502 g/mol. The van der Waals surface area contributed by atoms with Crippen LogP contribution in [0.1, 0.15) is 55.1 Å². The minimum atomic E-state index is -3.25. The quantitative estimate of drug-likeness (QED) is 0.596. The van der Waals surface area contributed by atoms with E-state index in [0.29, 0.717) is 40.8 Å². The molecule has 2 unspecified atom stereocenters. The first-order valence-corrected chi connectivity index (χ1v) is 15.6. The number of hydrogen-bond acceptors (Lipinski definition) is 8. The van der Waals surface area contributed by atoms with Crippen LogP contribution in [0.3, 0.4) is 0 Å². The summed E-state index contributed by atoms with van der Waals surface area (Å²) in [5.74, 6) is 1.68. The molecule has 4 aliphatic carbocycles. The van der Waals surface area contributed by atoms with E-state index in [9.17, 15) is 18.3 Å². The lowest BCUT2D eigenvalue weighted by molar-refractivity contribution is -0.136. The van der Waals surface area contributed by atoms with Crippen molar-refractivity contribution in [2.24, 2.45) is 17.8 Å². The van der Waals surface area contributed by atoms with Gasteiger partial charge in [-0.2, -0.15) is 0 Å². The van der Waals surface area contributed by atoms with Gasteiger partial charge in [-0.05, 0) is 93.5 Å². The van der Waals surface area contributed by atoms with Crippen LogP contribution in [0.4, 0.5) is 11.6 Å². The van der Waals surface area contributed by atoms with Gasteiger partial charge in [-0.25, -0.2) is 18.4 Å². The smallest absolute Gasteiger partial charge is 0.270 e. The number of amides is 1. The van der Waals surface area contributed by atoms with E-state index in [1.165, 1.54) is 6.26 Å². The lowest BCUT2D eigenvalue weighted by atomic mass is 9.52. The Bertz CT molecular complexity index is 1350. The number of nitrogens with one attached hydrogen (secondary N) is 1. The van der Waals surface area contributed by atoms with Gasteiger partial charge in [0.05, 0.1) is 10.5 Å². The number of nitrogens with zero attached hydrogens (tertiary/aromatic N) is 4. The van der Waals surface area contributed by atoms with E-state index in [4.69, 9.17) is 0 Å². The van der Waals surface area contributed by atoms with Gasteiger partial charge in [0.25, 0.3) is 5.91 Å². The average Bonchev–Trinajstić information content (AvgIpc) is 2.84. The van der Waals surface area contributed by atoms with Gasteiger partial charge in [0.15, 0.2) is 9.84 Å². The van der Waals surface area contributed by atoms with Gasteiger partial charge in [-0.1, -0.05) is 0 Å². The molecule has 10 heteroatoms. The number of carbonyl (C=O) groups is 1. The molecule has 0 radical (unpaired) electrons. The highest BCUT2D eigenvalue weighted by molar-refractivity contribution is 7.90. The highest BCUT2D eigenvalue weighted by Crippen LogP contribution is 2.55. The third kappa shape index (κ3) is 4.66. The molecule has 9 nitrogen and oxygen atoms in total. The van der Waals surface area contributed by atoms with Crippen molar-refractivity contribution in [1.29, 1.82) is 0 Å². The second-order valence-corrected chi connectivity index (χ2v) is 14.1. The van der Waals surface area contributed by atoms with Crippen molar-refractivity contribution in [2.75, 3.05) is 35.7 Å². The average molecular weight is 540 g/mol. The minimum Gasteiger partial charge on any atom is -0.390 e. The van der Waals surface area contributed by atoms with Crippen molar-refractivity contribution in [3.05, 3.63) is 41.7 Å². The first-order chi connectivity index (χ1) is 18.0. The fraction of sp³-hybridized carbons (Fsp3) is 0.607. The molecule has 5 fully saturated rings. The zero-order valence-electron chi connectivity index (χ0n) is 22.3. The molecule has 204 valence electrons. The lowest BCUT2D eigenvalue weighted by Crippen LogP contribution is -2.61. The van der Waals surface area contributed by atoms with Crippen LogP contribution in [-0.2, 0) is 9.84 Å². The summed E-state index contributed by atoms with van der Waals surface area (Å²) >= 11 is 0. The summed E-state index contributed by atoms with van der Waals surface area (Å²) in [6.45, 7) is 6.09. The van der Waals surface area contributed by atoms with Crippen molar-refractivity contribution in [2.45, 2.75) is 68.5 Å². The molecule has 7 rings (SSSR count). The van der Waals surface area contributed by atoms with E-state index in [2.05, 4.69) is 32.0 Å². The fourth-order valence-electron chi connectivity index (χ4n) is 7.79. The molecule has 38 heavy (non-hydrogen) atoms. The number of anilines is 2. The first kappa shape index (κ1) is 25.6. The van der Waals surface area contributed by atoms with Crippen LogP contribution < -0.4 is 15.1 Å². The number of piperazine rings is 1. The summed E-state index contributed by atoms with van der Waals surface area (Å²) in [7, 11) is -3.25. The van der Waals surface area contributed by atoms with Crippen LogP contribution in [0.15, 0.2) is 35.4 Å². The molecular formula is C28H37N5O4S. The molecule has 2 aromatic rings. The van der Waals surface area contributed by atoms with E-state index in [-0.39, 0.29) is 18.0 Å². The Morgan fingerprint density at radius 3 is 2.50 bits per heavy atom. The molecule has 3 atom stereocenters. The van der Waals surface area contributed by atoms with Crippen LogP contribution in [-0.4, -0.2) is 73.0 Å². The Hall–Kier alpha value is -2.72. The Kier molecular flexibility index (Phi) is 6.18. The molecule has 1 amide bonds. The molecule has 1 aromatic heterocycles. The van der Waals surface area contributed by atoms with E-state index in [1.54, 1.807) is 18.3 Å². The van der Waals surface area contributed by atoms with Crippen molar-refractivity contribution >= 4 is 27.4 Å². The van der Waals surface area contributed by atoms with Gasteiger partial charge in [-0.15, -0.1) is 0 Å². The van der Waals surface area contributed by atoms with E-state index >= 15 is 0 Å². The first-order valence-electron chi connectivity index (χ1n) is 13.7. The molecule has 2 heterocycles. The Morgan fingerprint density at radius 2 is 1.87 bits per heavy atom. The Labute approximate surface area is 224 Å². The third-order valence-corrected chi connectivity index (χ3v) is 10.5. The number of sulfone groups is 1. The molecule has 1 saturated heterocycles. The van der Waals surface area contributed by atoms with Crippen molar-refractivity contribution in [3.8, 4) is 0 Å². The molecule has 4 saturated carbocycles. The summed E-state index contributed by atoms with van der Waals surface area (Å²) in [5, 5.41) is 14.1. The topological polar surface area (TPSA) is 116 Å². The molecule has 4 bridgehead atoms. The molecule has 1 aromatic carbocycles. The summed E-state index contributed by atoms with van der Waals surface area (Å²) in [5.41, 5.74) is 1.60. The monoisotopic (exact) mass is 539 g/mol. The van der Waals surface area contributed by atoms with Crippen molar-refractivity contribution in [1.82, 2.24) is 15.3 Å². The van der Waals surface area contributed by atoms with Gasteiger partial charge >= 0.3 is 0 Å². The van der Waals surface area contributed by atoms with Crippen molar-refractivity contribution in [3.63, 3.8) is 0 Å². The third-order valence-electron chi connectivity index (χ3n) is 9.22. The van der Waals surface area contributed by atoms with Gasteiger partial charge in [-0.3, -0.25) is 4.79 Å². The minimum absolute atomic E-state index is 0.0992. The lowest BCUT2D eigenvalue weighted by Gasteiger charge is -2.58. The summed E-state index contributed by atoms with van der Waals surface area (Å²) in [4.78, 5) is 27.2. The molecule has 5 aliphatic rings. The normalized spacial score (nSPS) is 32.5. The number of aromatic nitrogens is 2. The standard InChI is InChI=1S/C28H37N5O4S/c1-17-10-22(4-5-24(17)38(3,36)37)32-8-9-33(18(2)16-32)27-29-7-6-23(30-27)26(34)31-25-20-11-19-12-21(25)15-28(35,13-19)14-20/h4-7,10,18-21,25,35H,8-9,11-16H2,1-3H3,(H,31,34)/t18-,19?,20?,21?,25-,28-/m1/s1. The van der Waals surface area contributed by atoms with Crippen LogP contribution in [0.25, 0.3) is 0 Å². The highest BCUT2D eigenvalue weighted by Gasteiger charge is 2.55. The van der Waals surface area contributed by atoms with E-state index in [0.717, 1.165) is 56.4 Å². The van der Waals surface area contributed by atoms with E-state index < -0.39 is 15.4 Å². The second kappa shape index (κ2) is 9.19. The molecule has 0 spiro atoms. The van der Waals surface area contributed by atoms with Crippen LogP contribution >= 0.6 is 0 Å². The number of aliphatic hydroxyl groups is 1. The van der Waals surface area contributed by atoms with Crippen LogP contribution in [0.2, 0.25) is 0 Å². The van der Waals surface area contributed by atoms with Crippen LogP contribution in [0.5, 0.6) is 0 Å². The predicted octanol–water partition coefficient (Wildman–Crippen LogP) is 2.57. The Balaban J connectivity index is 1.12. The SMILES string of the molecule is Cc1cc(N2CCN(c3nccc(C(=O)N[C@H]4C5CC6CC4C[C@](O)(C6)C5)n3)[C@H](C)C2)ccc1S(C)(=O)=O. The summed E-state index contributed by atoms with van der Waals surface area (Å²) in [6, 6.07) is 7.38. The number of aryl methyl sites for hydroxylation is 1. The van der Waals surface area contributed by atoms with Gasteiger partial charge in [0, 0.05) is 49.9 Å². The number of rotatable bonds is 5. The second-order valence-electron chi connectivity index (χ2n) is 12.1. The maximum Gasteiger partial charge on any atom is 0.270 e. The maximum atomic E-state index is 13.3. The Morgan fingerprint density at radius 1 is 1.13 bits per heavy atom. The van der Waals surface area contributed by atoms with Gasteiger partial charge < -0.3 is 20.2 Å². The zero-order chi connectivity index (χ0) is 26.8. The molecule has 1 aliphatic heterocycles. The van der Waals surface area contributed by atoms with Crippen LogP contribution in [0, 0.1) is 24.7 Å². The van der Waals surface area contributed by atoms with E-state index in [1.807, 2.05) is 19.1 Å².